The Hall–Kier alpha value is -1.02. The molecule has 0 fully saturated rings. The van der Waals surface area contributed by atoms with Gasteiger partial charge in [-0.15, -0.1) is 0 Å². The monoisotopic (exact) mass is 293 g/mol. The summed E-state index contributed by atoms with van der Waals surface area (Å²) in [4.78, 5) is 0. The molecule has 0 aliphatic rings. The van der Waals surface area contributed by atoms with Gasteiger partial charge in [0.25, 0.3) is 0 Å². The van der Waals surface area contributed by atoms with Crippen molar-refractivity contribution >= 4 is 23.2 Å². The molecule has 2 N–H and O–H groups in total. The molecular weight excluding hydrogens is 277 g/mol. The number of hydrogen-bond acceptors (Lipinski definition) is 1. The second kappa shape index (κ2) is 6.95. The molecule has 0 aromatic heterocycles. The molecule has 0 spiro atoms. The molecule has 1 unspecified atom stereocenters. The lowest BCUT2D eigenvalue weighted by Gasteiger charge is -2.15. The first-order chi connectivity index (χ1) is 9.20. The van der Waals surface area contributed by atoms with Gasteiger partial charge < -0.3 is 5.73 Å². The van der Waals surface area contributed by atoms with Crippen molar-refractivity contribution in [2.45, 2.75) is 18.8 Å². The van der Waals surface area contributed by atoms with Crippen LogP contribution in [-0.2, 0) is 6.42 Å². The predicted octanol–water partition coefficient (Wildman–Crippen LogP) is 4.67. The molecule has 0 bridgehead atoms. The van der Waals surface area contributed by atoms with E-state index < -0.39 is 0 Å². The van der Waals surface area contributed by atoms with Crippen molar-refractivity contribution in [3.63, 3.8) is 0 Å². The van der Waals surface area contributed by atoms with Gasteiger partial charge in [-0.25, -0.2) is 0 Å². The van der Waals surface area contributed by atoms with E-state index in [2.05, 4.69) is 24.3 Å². The number of halogens is 2. The van der Waals surface area contributed by atoms with Crippen molar-refractivity contribution in [3.8, 4) is 0 Å². The van der Waals surface area contributed by atoms with Crippen LogP contribution in [0.5, 0.6) is 0 Å². The van der Waals surface area contributed by atoms with Crippen molar-refractivity contribution in [2.75, 3.05) is 6.54 Å². The summed E-state index contributed by atoms with van der Waals surface area (Å²) < 4.78 is 0. The summed E-state index contributed by atoms with van der Waals surface area (Å²) in [5, 5.41) is 1.21. The van der Waals surface area contributed by atoms with Gasteiger partial charge in [0.2, 0.25) is 0 Å². The Morgan fingerprint density at radius 3 is 2.32 bits per heavy atom. The molecule has 100 valence electrons. The largest absolute Gasteiger partial charge is 0.330 e. The lowest BCUT2D eigenvalue weighted by molar-refractivity contribution is 0.634. The van der Waals surface area contributed by atoms with Gasteiger partial charge >= 0.3 is 0 Å². The quantitative estimate of drug-likeness (QED) is 0.852. The Labute approximate surface area is 124 Å². The van der Waals surface area contributed by atoms with E-state index in [4.69, 9.17) is 28.9 Å². The van der Waals surface area contributed by atoms with E-state index >= 15 is 0 Å². The summed E-state index contributed by atoms with van der Waals surface area (Å²) in [5.41, 5.74) is 8.37. The van der Waals surface area contributed by atoms with Gasteiger partial charge in [0.15, 0.2) is 0 Å². The topological polar surface area (TPSA) is 26.0 Å². The van der Waals surface area contributed by atoms with E-state index in [1.165, 1.54) is 11.1 Å². The molecule has 3 heteroatoms. The van der Waals surface area contributed by atoms with E-state index in [1.54, 1.807) is 0 Å². The fraction of sp³-hybridized carbons (Fsp3) is 0.250. The number of rotatable bonds is 5. The molecule has 0 saturated carbocycles. The molecule has 0 aliphatic carbocycles. The van der Waals surface area contributed by atoms with Gasteiger partial charge in [-0.05, 0) is 48.6 Å². The molecule has 0 aliphatic heterocycles. The fourth-order valence-electron chi connectivity index (χ4n) is 2.18. The summed E-state index contributed by atoms with van der Waals surface area (Å²) in [6.45, 7) is 0.658. The third-order valence-corrected chi connectivity index (χ3v) is 4.06. The standard InChI is InChI=1S/C16H17Cl2N/c17-15-9-7-12(10-16(15)18)6-8-14(11-19)13-4-2-1-3-5-13/h1-5,7,9-10,14H,6,8,11,19H2. The van der Waals surface area contributed by atoms with Crippen LogP contribution < -0.4 is 5.73 Å². The van der Waals surface area contributed by atoms with Crippen molar-refractivity contribution in [1.82, 2.24) is 0 Å². The van der Waals surface area contributed by atoms with Gasteiger partial charge in [0, 0.05) is 0 Å². The Bertz CT molecular complexity index is 526. The highest BCUT2D eigenvalue weighted by molar-refractivity contribution is 6.42. The smallest absolute Gasteiger partial charge is 0.0595 e. The van der Waals surface area contributed by atoms with Crippen molar-refractivity contribution < 1.29 is 0 Å². The summed E-state index contributed by atoms with van der Waals surface area (Å²) in [5.74, 6) is 0.385. The van der Waals surface area contributed by atoms with Gasteiger partial charge in [-0.3, -0.25) is 0 Å². The third-order valence-electron chi connectivity index (χ3n) is 3.32. The normalized spacial score (nSPS) is 12.4. The number of hydrogen-bond donors (Lipinski definition) is 1. The Balaban J connectivity index is 2.02. The minimum atomic E-state index is 0.385. The van der Waals surface area contributed by atoms with Gasteiger partial charge in [0.05, 0.1) is 10.0 Å². The SMILES string of the molecule is NCC(CCc1ccc(Cl)c(Cl)c1)c1ccccc1. The summed E-state index contributed by atoms with van der Waals surface area (Å²) in [6, 6.07) is 16.2. The Kier molecular flexibility index (Phi) is 5.26. The van der Waals surface area contributed by atoms with E-state index in [0.717, 1.165) is 12.8 Å². The maximum atomic E-state index is 6.02. The summed E-state index contributed by atoms with van der Waals surface area (Å²) >= 11 is 11.9. The van der Waals surface area contributed by atoms with E-state index in [-0.39, 0.29) is 0 Å². The van der Waals surface area contributed by atoms with Gasteiger partial charge in [-0.1, -0.05) is 59.6 Å². The summed E-state index contributed by atoms with van der Waals surface area (Å²) in [7, 11) is 0. The van der Waals surface area contributed by atoms with Crippen molar-refractivity contribution in [2.24, 2.45) is 5.73 Å². The lowest BCUT2D eigenvalue weighted by atomic mass is 9.92. The van der Waals surface area contributed by atoms with Crippen LogP contribution in [0.25, 0.3) is 0 Å². The van der Waals surface area contributed by atoms with Crippen LogP contribution in [0.2, 0.25) is 10.0 Å². The lowest BCUT2D eigenvalue weighted by Crippen LogP contribution is -2.13. The molecule has 0 radical (unpaired) electrons. The third kappa shape index (κ3) is 3.97. The summed E-state index contributed by atoms with van der Waals surface area (Å²) in [6.07, 6.45) is 1.96. The van der Waals surface area contributed by atoms with E-state index in [9.17, 15) is 0 Å². The van der Waals surface area contributed by atoms with Gasteiger partial charge in [0.1, 0.15) is 0 Å². The number of aryl methyl sites for hydroxylation is 1. The average Bonchev–Trinajstić information content (AvgIpc) is 2.44. The van der Waals surface area contributed by atoms with Crippen LogP contribution in [0.4, 0.5) is 0 Å². The van der Waals surface area contributed by atoms with Gasteiger partial charge in [-0.2, -0.15) is 0 Å². The van der Waals surface area contributed by atoms with Crippen LogP contribution in [-0.4, -0.2) is 6.54 Å². The molecule has 2 aromatic carbocycles. The Morgan fingerprint density at radius 2 is 1.68 bits per heavy atom. The predicted molar refractivity (Wildman–Crippen MR) is 83.0 cm³/mol. The average molecular weight is 294 g/mol. The Morgan fingerprint density at radius 1 is 0.947 bits per heavy atom. The first kappa shape index (κ1) is 14.4. The van der Waals surface area contributed by atoms with Crippen LogP contribution in [0.1, 0.15) is 23.5 Å². The maximum absolute atomic E-state index is 6.02. The first-order valence-electron chi connectivity index (χ1n) is 6.39. The zero-order chi connectivity index (χ0) is 13.7. The number of nitrogens with two attached hydrogens (primary N) is 1. The highest BCUT2D eigenvalue weighted by atomic mass is 35.5. The highest BCUT2D eigenvalue weighted by Crippen LogP contribution is 2.25. The molecule has 2 aromatic rings. The second-order valence-corrected chi connectivity index (χ2v) is 5.44. The molecule has 1 nitrogen and oxygen atoms in total. The molecular formula is C16H17Cl2N. The van der Waals surface area contributed by atoms with Crippen LogP contribution in [0, 0.1) is 0 Å². The highest BCUT2D eigenvalue weighted by Gasteiger charge is 2.09. The minimum absolute atomic E-state index is 0.385. The molecule has 0 amide bonds. The molecule has 2 rings (SSSR count). The van der Waals surface area contributed by atoms with Crippen LogP contribution >= 0.6 is 23.2 Å². The van der Waals surface area contributed by atoms with Crippen LogP contribution in [0.3, 0.4) is 0 Å². The molecule has 1 atom stereocenters. The van der Waals surface area contributed by atoms with E-state index in [1.807, 2.05) is 24.3 Å². The molecule has 0 saturated heterocycles. The molecule has 0 heterocycles. The fourth-order valence-corrected chi connectivity index (χ4v) is 2.50. The van der Waals surface area contributed by atoms with Crippen LogP contribution in [0.15, 0.2) is 48.5 Å². The minimum Gasteiger partial charge on any atom is -0.330 e. The zero-order valence-corrected chi connectivity index (χ0v) is 12.2. The molecule has 19 heavy (non-hydrogen) atoms. The number of benzene rings is 2. The first-order valence-corrected chi connectivity index (χ1v) is 7.15. The van der Waals surface area contributed by atoms with Crippen molar-refractivity contribution in [3.05, 3.63) is 69.7 Å². The second-order valence-electron chi connectivity index (χ2n) is 4.63. The zero-order valence-electron chi connectivity index (χ0n) is 10.7. The van der Waals surface area contributed by atoms with E-state index in [0.29, 0.717) is 22.5 Å². The maximum Gasteiger partial charge on any atom is 0.0595 e. The van der Waals surface area contributed by atoms with Crippen molar-refractivity contribution in [1.29, 1.82) is 0 Å².